The molecule has 0 saturated carbocycles. The van der Waals surface area contributed by atoms with Gasteiger partial charge in [-0.2, -0.15) is 0 Å². The summed E-state index contributed by atoms with van der Waals surface area (Å²) in [5.74, 6) is 3.48. The van der Waals surface area contributed by atoms with Crippen LogP contribution in [-0.2, 0) is 24.2 Å². The van der Waals surface area contributed by atoms with E-state index in [4.69, 9.17) is 16.3 Å². The van der Waals surface area contributed by atoms with Crippen LogP contribution in [0.5, 0.6) is 0 Å². The van der Waals surface area contributed by atoms with Crippen LogP contribution < -0.4 is 4.90 Å². The molecule has 3 aromatic heterocycles. The van der Waals surface area contributed by atoms with Gasteiger partial charge in [-0.1, -0.05) is 23.7 Å². The molecule has 5 rings (SSSR count). The molecule has 0 radical (unpaired) electrons. The minimum Gasteiger partial charge on any atom is -0.384 e. The predicted molar refractivity (Wildman–Crippen MR) is 111 cm³/mol. The molecule has 0 fully saturated rings. The fourth-order valence-electron chi connectivity index (χ4n) is 3.65. The number of anilines is 1. The smallest absolute Gasteiger partial charge is 0.152 e. The summed E-state index contributed by atoms with van der Waals surface area (Å²) < 4.78 is 7.33. The van der Waals surface area contributed by atoms with E-state index in [1.807, 2.05) is 30.3 Å². The minimum atomic E-state index is 0.565. The number of hydrogen-bond donors (Lipinski definition) is 1. The quantitative estimate of drug-likeness (QED) is 0.545. The Balaban J connectivity index is 1.44. The summed E-state index contributed by atoms with van der Waals surface area (Å²) in [5.41, 5.74) is 2.72. The van der Waals surface area contributed by atoms with Gasteiger partial charge in [0.2, 0.25) is 0 Å². The molecule has 4 heterocycles. The Bertz CT molecular complexity index is 1140. The molecule has 0 saturated heterocycles. The van der Waals surface area contributed by atoms with Crippen molar-refractivity contribution in [1.82, 2.24) is 29.7 Å². The van der Waals surface area contributed by atoms with E-state index in [1.165, 1.54) is 0 Å². The molecular formula is C20H20ClN7O. The Kier molecular flexibility index (Phi) is 4.65. The van der Waals surface area contributed by atoms with Crippen LogP contribution in [0.3, 0.4) is 0 Å². The number of aromatic nitrogens is 6. The zero-order valence-electron chi connectivity index (χ0n) is 16.0. The zero-order chi connectivity index (χ0) is 19.8. The first-order valence-electron chi connectivity index (χ1n) is 9.48. The topological polar surface area (TPSA) is 84.8 Å². The molecular weight excluding hydrogens is 390 g/mol. The second-order valence-corrected chi connectivity index (χ2v) is 7.38. The van der Waals surface area contributed by atoms with Crippen molar-refractivity contribution < 1.29 is 4.74 Å². The van der Waals surface area contributed by atoms with Crippen molar-refractivity contribution in [3.8, 4) is 11.4 Å². The number of hydrogen-bond acceptors (Lipinski definition) is 6. The number of aromatic amines is 1. The highest BCUT2D eigenvalue weighted by Gasteiger charge is 2.23. The van der Waals surface area contributed by atoms with E-state index >= 15 is 0 Å². The van der Waals surface area contributed by atoms with Gasteiger partial charge >= 0.3 is 0 Å². The Morgan fingerprint density at radius 3 is 2.97 bits per heavy atom. The molecule has 0 amide bonds. The molecule has 0 bridgehead atoms. The SMILES string of the molecule is COCCc1nnc2n1CCN(c1cc(-c3nc4ccccc4[nH]3)c(Cl)cn1)C2. The highest BCUT2D eigenvalue weighted by atomic mass is 35.5. The number of halogens is 1. The van der Waals surface area contributed by atoms with Crippen molar-refractivity contribution in [1.29, 1.82) is 0 Å². The van der Waals surface area contributed by atoms with Crippen molar-refractivity contribution >= 4 is 28.5 Å². The molecule has 9 heteroatoms. The lowest BCUT2D eigenvalue weighted by Crippen LogP contribution is -2.35. The summed E-state index contributed by atoms with van der Waals surface area (Å²) in [6.07, 6.45) is 2.45. The van der Waals surface area contributed by atoms with Crippen molar-refractivity contribution in [3.63, 3.8) is 0 Å². The maximum atomic E-state index is 6.45. The zero-order valence-corrected chi connectivity index (χ0v) is 16.7. The van der Waals surface area contributed by atoms with E-state index in [0.717, 1.165) is 59.4 Å². The molecule has 1 aromatic carbocycles. The number of ether oxygens (including phenoxy) is 1. The Morgan fingerprint density at radius 1 is 1.21 bits per heavy atom. The summed E-state index contributed by atoms with van der Waals surface area (Å²) in [7, 11) is 1.70. The molecule has 0 atom stereocenters. The van der Waals surface area contributed by atoms with Crippen molar-refractivity contribution in [2.45, 2.75) is 19.5 Å². The van der Waals surface area contributed by atoms with Gasteiger partial charge in [0.25, 0.3) is 0 Å². The first-order chi connectivity index (χ1) is 14.2. The second-order valence-electron chi connectivity index (χ2n) is 6.97. The molecule has 4 aromatic rings. The van der Waals surface area contributed by atoms with Gasteiger partial charge in [-0.15, -0.1) is 10.2 Å². The van der Waals surface area contributed by atoms with Gasteiger partial charge in [0.1, 0.15) is 17.5 Å². The summed E-state index contributed by atoms with van der Waals surface area (Å²) in [5, 5.41) is 9.24. The van der Waals surface area contributed by atoms with E-state index < -0.39 is 0 Å². The molecule has 8 nitrogen and oxygen atoms in total. The Hall–Kier alpha value is -2.97. The van der Waals surface area contributed by atoms with Gasteiger partial charge in [-0.05, 0) is 18.2 Å². The minimum absolute atomic E-state index is 0.565. The maximum absolute atomic E-state index is 6.45. The lowest BCUT2D eigenvalue weighted by Gasteiger charge is -2.29. The standard InChI is InChI=1S/C20H20ClN7O/c1-29-9-6-17-25-26-19-12-27(7-8-28(17)19)18-10-13(14(21)11-22-18)20-23-15-4-2-3-5-16(15)24-20/h2-5,10-11H,6-9,12H2,1H3,(H,23,24). The van der Waals surface area contributed by atoms with Crippen molar-refractivity contribution in [2.24, 2.45) is 0 Å². The van der Waals surface area contributed by atoms with Gasteiger partial charge in [0.05, 0.1) is 29.2 Å². The highest BCUT2D eigenvalue weighted by Crippen LogP contribution is 2.31. The molecule has 1 N–H and O–H groups in total. The van der Waals surface area contributed by atoms with Gasteiger partial charge in [-0.3, -0.25) is 0 Å². The highest BCUT2D eigenvalue weighted by molar-refractivity contribution is 6.33. The number of H-pyrrole nitrogens is 1. The Labute approximate surface area is 172 Å². The van der Waals surface area contributed by atoms with Crippen LogP contribution in [-0.4, -0.2) is 50.0 Å². The molecule has 1 aliphatic heterocycles. The second kappa shape index (κ2) is 7.46. The normalized spacial score (nSPS) is 13.8. The van der Waals surface area contributed by atoms with Crippen LogP contribution in [0, 0.1) is 0 Å². The van der Waals surface area contributed by atoms with E-state index in [9.17, 15) is 0 Å². The summed E-state index contributed by atoms with van der Waals surface area (Å²) in [6.45, 7) is 2.92. The van der Waals surface area contributed by atoms with Gasteiger partial charge in [0, 0.05) is 38.4 Å². The molecule has 0 aliphatic carbocycles. The molecule has 0 spiro atoms. The third-order valence-electron chi connectivity index (χ3n) is 5.17. The largest absolute Gasteiger partial charge is 0.384 e. The number of fused-ring (bicyclic) bond motifs is 2. The van der Waals surface area contributed by atoms with E-state index in [2.05, 4.69) is 34.6 Å². The summed E-state index contributed by atoms with van der Waals surface area (Å²) >= 11 is 6.45. The van der Waals surface area contributed by atoms with Gasteiger partial charge < -0.3 is 19.2 Å². The van der Waals surface area contributed by atoms with Crippen molar-refractivity contribution in [3.05, 3.63) is 53.2 Å². The first kappa shape index (κ1) is 18.1. The van der Waals surface area contributed by atoms with Crippen LogP contribution in [0.25, 0.3) is 22.4 Å². The van der Waals surface area contributed by atoms with Gasteiger partial charge in [0.15, 0.2) is 5.82 Å². The van der Waals surface area contributed by atoms with E-state index in [1.54, 1.807) is 13.3 Å². The molecule has 148 valence electrons. The number of methoxy groups -OCH3 is 1. The number of benzene rings is 1. The van der Waals surface area contributed by atoms with Crippen LogP contribution in [0.15, 0.2) is 36.5 Å². The first-order valence-corrected chi connectivity index (χ1v) is 9.86. The molecule has 29 heavy (non-hydrogen) atoms. The molecule has 0 unspecified atom stereocenters. The number of nitrogens with one attached hydrogen (secondary N) is 1. The molecule has 1 aliphatic rings. The summed E-state index contributed by atoms with van der Waals surface area (Å²) in [6, 6.07) is 9.91. The van der Waals surface area contributed by atoms with Crippen LogP contribution in [0.4, 0.5) is 5.82 Å². The fourth-order valence-corrected chi connectivity index (χ4v) is 3.85. The third kappa shape index (κ3) is 3.34. The van der Waals surface area contributed by atoms with Crippen molar-refractivity contribution in [2.75, 3.05) is 25.2 Å². The van der Waals surface area contributed by atoms with Crippen LogP contribution in [0.1, 0.15) is 11.6 Å². The lowest BCUT2D eigenvalue weighted by molar-refractivity contribution is 0.199. The number of imidazole rings is 1. The lowest BCUT2D eigenvalue weighted by atomic mass is 10.2. The van der Waals surface area contributed by atoms with Crippen LogP contribution >= 0.6 is 11.6 Å². The monoisotopic (exact) mass is 409 g/mol. The average molecular weight is 410 g/mol. The third-order valence-corrected chi connectivity index (χ3v) is 5.47. The maximum Gasteiger partial charge on any atom is 0.152 e. The summed E-state index contributed by atoms with van der Waals surface area (Å²) in [4.78, 5) is 14.7. The number of para-hydroxylation sites is 2. The van der Waals surface area contributed by atoms with Crippen LogP contribution in [0.2, 0.25) is 5.02 Å². The van der Waals surface area contributed by atoms with E-state index in [0.29, 0.717) is 18.2 Å². The Morgan fingerprint density at radius 2 is 2.10 bits per heavy atom. The fraction of sp³-hybridized carbons (Fsp3) is 0.300. The van der Waals surface area contributed by atoms with E-state index in [-0.39, 0.29) is 0 Å². The number of rotatable bonds is 5. The average Bonchev–Trinajstić information content (AvgIpc) is 3.36. The number of nitrogens with zero attached hydrogens (tertiary/aromatic N) is 6. The number of pyridine rings is 1. The predicted octanol–water partition coefficient (Wildman–Crippen LogP) is 3.08. The van der Waals surface area contributed by atoms with Gasteiger partial charge in [-0.25, -0.2) is 9.97 Å².